The Hall–Kier alpha value is -2.62. The van der Waals surface area contributed by atoms with E-state index >= 15 is 0 Å². The van der Waals surface area contributed by atoms with Gasteiger partial charge in [0.25, 0.3) is 0 Å². The fraction of sp³-hybridized carbons (Fsp3) is 0.588. The lowest BCUT2D eigenvalue weighted by molar-refractivity contribution is 0.0497. The molecule has 0 amide bonds. The van der Waals surface area contributed by atoms with E-state index in [1.54, 1.807) is 24.3 Å². The van der Waals surface area contributed by atoms with Gasteiger partial charge in [-0.2, -0.15) is 0 Å². The number of carboxylic acid groups (broad SMARTS) is 1. The molecule has 0 unspecified atom stereocenters. The molecule has 0 atom stereocenters. The van der Waals surface area contributed by atoms with Crippen LogP contribution < -0.4 is 0 Å². The maximum Gasteiger partial charge on any atom is 0.338 e. The van der Waals surface area contributed by atoms with Gasteiger partial charge in [-0.1, -0.05) is 128 Å². The van der Waals surface area contributed by atoms with E-state index in [-0.39, 0.29) is 5.97 Å². The van der Waals surface area contributed by atoms with Crippen molar-refractivity contribution in [1.29, 1.82) is 0 Å². The van der Waals surface area contributed by atoms with E-state index in [9.17, 15) is 9.59 Å². The average molecular weight is 525 g/mol. The highest BCUT2D eigenvalue weighted by Gasteiger charge is 2.08. The molecule has 0 saturated carbocycles. The molecule has 1 N–H and O–H groups in total. The van der Waals surface area contributed by atoms with Crippen LogP contribution in [0.25, 0.3) is 0 Å². The van der Waals surface area contributed by atoms with E-state index in [1.165, 1.54) is 57.8 Å². The lowest BCUT2D eigenvalue weighted by Crippen LogP contribution is -2.06. The number of carbonyl (C=O) groups excluding carboxylic acids is 1. The van der Waals surface area contributed by atoms with Crippen molar-refractivity contribution in [1.82, 2.24) is 0 Å². The highest BCUT2D eigenvalue weighted by atomic mass is 16.5. The Balaban J connectivity index is 0.000000380. The molecule has 2 aromatic carbocycles. The van der Waals surface area contributed by atoms with Gasteiger partial charge in [-0.25, -0.2) is 9.59 Å². The molecule has 0 radical (unpaired) electrons. The van der Waals surface area contributed by atoms with Gasteiger partial charge in [0.05, 0.1) is 17.7 Å². The molecule has 2 rings (SSSR count). The highest BCUT2D eigenvalue weighted by Crippen LogP contribution is 2.15. The molecule has 2 aromatic rings. The van der Waals surface area contributed by atoms with E-state index in [2.05, 4.69) is 27.7 Å². The number of benzene rings is 2. The van der Waals surface area contributed by atoms with E-state index in [1.807, 2.05) is 30.3 Å². The van der Waals surface area contributed by atoms with Crippen LogP contribution in [0.2, 0.25) is 0 Å². The predicted molar refractivity (Wildman–Crippen MR) is 159 cm³/mol. The molecule has 0 spiro atoms. The van der Waals surface area contributed by atoms with Gasteiger partial charge >= 0.3 is 11.9 Å². The van der Waals surface area contributed by atoms with Crippen LogP contribution >= 0.6 is 0 Å². The second-order valence-corrected chi connectivity index (χ2v) is 11.1. The molecule has 0 aliphatic carbocycles. The summed E-state index contributed by atoms with van der Waals surface area (Å²) in [6.45, 7) is 9.61. The minimum atomic E-state index is -0.812. The third kappa shape index (κ3) is 17.0. The largest absolute Gasteiger partial charge is 0.478 e. The summed E-state index contributed by atoms with van der Waals surface area (Å²) < 4.78 is 5.23. The van der Waals surface area contributed by atoms with Crippen LogP contribution in [0.5, 0.6) is 0 Å². The Morgan fingerprint density at radius 2 is 1.16 bits per heavy atom. The summed E-state index contributed by atoms with van der Waals surface area (Å²) in [7, 11) is 0. The minimum Gasteiger partial charge on any atom is -0.478 e. The highest BCUT2D eigenvalue weighted by molar-refractivity contribution is 5.89. The van der Waals surface area contributed by atoms with Gasteiger partial charge < -0.3 is 9.84 Å². The van der Waals surface area contributed by atoms with Crippen molar-refractivity contribution in [3.8, 4) is 0 Å². The van der Waals surface area contributed by atoms with Crippen LogP contribution in [0.4, 0.5) is 0 Å². The second-order valence-electron chi connectivity index (χ2n) is 11.1. The van der Waals surface area contributed by atoms with Crippen molar-refractivity contribution in [2.24, 2.45) is 11.8 Å². The summed E-state index contributed by atoms with van der Waals surface area (Å²) in [5.74, 6) is 0.599. The number of ether oxygens (including phenoxy) is 1. The van der Waals surface area contributed by atoms with Crippen LogP contribution in [-0.4, -0.2) is 23.7 Å². The summed E-state index contributed by atoms with van der Waals surface area (Å²) in [6.07, 6.45) is 15.7. The smallest absolute Gasteiger partial charge is 0.338 e. The number of carboxylic acids is 1. The molecule has 38 heavy (non-hydrogen) atoms. The first-order chi connectivity index (χ1) is 18.3. The normalized spacial score (nSPS) is 10.8. The quantitative estimate of drug-likeness (QED) is 0.156. The van der Waals surface area contributed by atoms with Crippen LogP contribution in [-0.2, 0) is 11.2 Å². The molecule has 212 valence electrons. The average Bonchev–Trinajstić information content (AvgIpc) is 2.90. The predicted octanol–water partition coefficient (Wildman–Crippen LogP) is 9.76. The molecule has 0 aromatic heterocycles. The van der Waals surface area contributed by atoms with Crippen molar-refractivity contribution in [2.45, 2.75) is 111 Å². The number of hydrogen-bond acceptors (Lipinski definition) is 3. The van der Waals surface area contributed by atoms with Gasteiger partial charge in [-0.3, -0.25) is 0 Å². The Kier molecular flexibility index (Phi) is 18.8. The SMILES string of the molecule is CC(C)CCCCCCCOC(=O)c1ccccc1.CC(C)CCCCCCCc1ccccc1C(=O)O. The van der Waals surface area contributed by atoms with Gasteiger partial charge in [-0.05, 0) is 54.9 Å². The number of hydrogen-bond donors (Lipinski definition) is 1. The van der Waals surface area contributed by atoms with Crippen molar-refractivity contribution in [3.63, 3.8) is 0 Å². The van der Waals surface area contributed by atoms with Crippen LogP contribution in [0.1, 0.15) is 131 Å². The molecule has 0 aliphatic rings. The van der Waals surface area contributed by atoms with Crippen LogP contribution in [0.15, 0.2) is 54.6 Å². The maximum absolute atomic E-state index is 11.6. The molecular weight excluding hydrogens is 472 g/mol. The van der Waals surface area contributed by atoms with Gasteiger partial charge in [0.15, 0.2) is 0 Å². The number of aryl methyl sites for hydroxylation is 1. The number of carbonyl (C=O) groups is 2. The molecule has 0 bridgehead atoms. The number of unbranched alkanes of at least 4 members (excludes halogenated alkanes) is 8. The first kappa shape index (κ1) is 33.4. The van der Waals surface area contributed by atoms with Crippen molar-refractivity contribution >= 4 is 11.9 Å². The monoisotopic (exact) mass is 524 g/mol. The third-order valence-electron chi connectivity index (χ3n) is 6.64. The van der Waals surface area contributed by atoms with Crippen LogP contribution in [0, 0.1) is 11.8 Å². The zero-order chi connectivity index (χ0) is 28.0. The summed E-state index contributed by atoms with van der Waals surface area (Å²) >= 11 is 0. The van der Waals surface area contributed by atoms with Gasteiger partial charge in [0.1, 0.15) is 0 Å². The Labute approximate surface area is 232 Å². The first-order valence-corrected chi connectivity index (χ1v) is 14.8. The van der Waals surface area contributed by atoms with Gasteiger partial charge in [0.2, 0.25) is 0 Å². The summed E-state index contributed by atoms with van der Waals surface area (Å²) in [5.41, 5.74) is 2.07. The summed E-state index contributed by atoms with van der Waals surface area (Å²) in [4.78, 5) is 22.7. The standard InChI is InChI=1S/2C17H26O2/c1-15(2)11-7-4-3-5-10-14-19-17(18)16-12-8-6-9-13-16;1-14(2)10-6-4-3-5-7-11-15-12-8-9-13-16(15)17(18)19/h6,8-9,12-13,15H,3-5,7,10-11,14H2,1-2H3;8-9,12-14H,3-7,10-11H2,1-2H3,(H,18,19). The van der Waals surface area contributed by atoms with E-state index < -0.39 is 5.97 Å². The lowest BCUT2D eigenvalue weighted by atomic mass is 9.99. The van der Waals surface area contributed by atoms with Crippen molar-refractivity contribution < 1.29 is 19.4 Å². The van der Waals surface area contributed by atoms with E-state index in [0.717, 1.165) is 43.1 Å². The lowest BCUT2D eigenvalue weighted by Gasteiger charge is -2.06. The number of esters is 1. The van der Waals surface area contributed by atoms with Crippen molar-refractivity contribution in [2.75, 3.05) is 6.61 Å². The summed E-state index contributed by atoms with van der Waals surface area (Å²) in [5, 5.41) is 9.09. The maximum atomic E-state index is 11.6. The molecular formula is C34H52O4. The Morgan fingerprint density at radius 3 is 1.74 bits per heavy atom. The van der Waals surface area contributed by atoms with Gasteiger partial charge in [-0.15, -0.1) is 0 Å². The zero-order valence-electron chi connectivity index (χ0n) is 24.4. The first-order valence-electron chi connectivity index (χ1n) is 14.8. The minimum absolute atomic E-state index is 0.208. The van der Waals surface area contributed by atoms with Gasteiger partial charge in [0, 0.05) is 0 Å². The topological polar surface area (TPSA) is 63.6 Å². The molecule has 4 nitrogen and oxygen atoms in total. The fourth-order valence-corrected chi connectivity index (χ4v) is 4.35. The molecule has 0 saturated heterocycles. The second kappa shape index (κ2) is 21.3. The molecule has 0 heterocycles. The number of aromatic carboxylic acids is 1. The van der Waals surface area contributed by atoms with E-state index in [0.29, 0.717) is 17.7 Å². The van der Waals surface area contributed by atoms with Crippen LogP contribution in [0.3, 0.4) is 0 Å². The van der Waals surface area contributed by atoms with E-state index in [4.69, 9.17) is 9.84 Å². The molecule has 0 fully saturated rings. The zero-order valence-corrected chi connectivity index (χ0v) is 24.4. The third-order valence-corrected chi connectivity index (χ3v) is 6.64. The van der Waals surface area contributed by atoms with Crippen molar-refractivity contribution in [3.05, 3.63) is 71.3 Å². The molecule has 0 aliphatic heterocycles. The number of rotatable bonds is 18. The Bertz CT molecular complexity index is 873. The summed E-state index contributed by atoms with van der Waals surface area (Å²) in [6, 6.07) is 16.5. The fourth-order valence-electron chi connectivity index (χ4n) is 4.35. The molecule has 4 heteroatoms. The Morgan fingerprint density at radius 1 is 0.658 bits per heavy atom.